The van der Waals surface area contributed by atoms with Crippen molar-refractivity contribution in [3.05, 3.63) is 12.2 Å². The Kier molecular flexibility index (Phi) is 11.4. The summed E-state index contributed by atoms with van der Waals surface area (Å²) in [5.41, 5.74) is 0.365. The number of phosphoric acid groups is 1. The highest BCUT2D eigenvalue weighted by Crippen LogP contribution is 2.38. The van der Waals surface area contributed by atoms with Crippen LogP contribution in [0.3, 0.4) is 0 Å². The van der Waals surface area contributed by atoms with E-state index in [9.17, 15) is 14.3 Å². The highest BCUT2D eigenvalue weighted by Gasteiger charge is 2.10. The minimum absolute atomic E-state index is 0.0775. The molecule has 0 aromatic rings. The maximum absolute atomic E-state index is 11.5. The largest absolute Gasteiger partial charge is 0.756 e. The summed E-state index contributed by atoms with van der Waals surface area (Å²) in [5, 5.41) is 0. The van der Waals surface area contributed by atoms with Gasteiger partial charge in [0.15, 0.2) is 0 Å². The van der Waals surface area contributed by atoms with Gasteiger partial charge in [0.1, 0.15) is 0 Å². The van der Waals surface area contributed by atoms with Gasteiger partial charge in [-0.3, -0.25) is 4.57 Å². The van der Waals surface area contributed by atoms with Gasteiger partial charge >= 0.3 is 5.97 Å². The first-order valence-corrected chi connectivity index (χ1v) is 9.73. The van der Waals surface area contributed by atoms with E-state index in [4.69, 9.17) is 13.8 Å². The van der Waals surface area contributed by atoms with Crippen molar-refractivity contribution < 1.29 is 32.5 Å². The summed E-state index contributed by atoms with van der Waals surface area (Å²) < 4.78 is 26.9. The van der Waals surface area contributed by atoms with Crippen molar-refractivity contribution in [2.45, 2.75) is 39.0 Å². The smallest absolute Gasteiger partial charge is 0.333 e. The second-order valence-electron chi connectivity index (χ2n) is 6.81. The zero-order valence-corrected chi connectivity index (χ0v) is 16.3. The van der Waals surface area contributed by atoms with Crippen LogP contribution in [0, 0.1) is 0 Å². The maximum Gasteiger partial charge on any atom is 0.333 e. The van der Waals surface area contributed by atoms with Gasteiger partial charge in [0.25, 0.3) is 7.82 Å². The molecule has 0 aromatic carbocycles. The average molecular weight is 365 g/mol. The molecular weight excluding hydrogens is 333 g/mol. The summed E-state index contributed by atoms with van der Waals surface area (Å²) in [5.74, 6) is -0.408. The number of ether oxygens (including phenoxy) is 1. The number of rotatable bonds is 14. The minimum atomic E-state index is -4.21. The van der Waals surface area contributed by atoms with Crippen LogP contribution in [-0.4, -0.2) is 58.0 Å². The Morgan fingerprint density at radius 1 is 1.00 bits per heavy atom. The zero-order valence-electron chi connectivity index (χ0n) is 15.4. The van der Waals surface area contributed by atoms with Crippen molar-refractivity contribution >= 4 is 13.8 Å². The quantitative estimate of drug-likeness (QED) is 0.154. The van der Waals surface area contributed by atoms with E-state index in [2.05, 4.69) is 27.7 Å². The van der Waals surface area contributed by atoms with E-state index >= 15 is 0 Å². The molecule has 0 N–H and O–H groups in total. The van der Waals surface area contributed by atoms with Crippen LogP contribution in [0.15, 0.2) is 12.2 Å². The van der Waals surface area contributed by atoms with E-state index in [1.54, 1.807) is 6.92 Å². The van der Waals surface area contributed by atoms with Gasteiger partial charge in [-0.2, -0.15) is 0 Å². The lowest BCUT2D eigenvalue weighted by molar-refractivity contribution is -0.870. The Morgan fingerprint density at radius 2 is 1.50 bits per heavy atom. The molecular formula is C16H32NO6P. The van der Waals surface area contributed by atoms with E-state index in [1.165, 1.54) is 0 Å². The summed E-state index contributed by atoms with van der Waals surface area (Å²) in [6.45, 7) is 6.56. The van der Waals surface area contributed by atoms with Crippen LogP contribution < -0.4 is 4.89 Å². The monoisotopic (exact) mass is 365 g/mol. The number of phosphoric ester groups is 1. The molecule has 0 aliphatic carbocycles. The lowest BCUT2D eigenvalue weighted by Gasteiger charge is -2.25. The molecule has 0 aromatic heterocycles. The molecule has 0 aliphatic heterocycles. The van der Waals surface area contributed by atoms with Gasteiger partial charge in [0.05, 0.1) is 47.5 Å². The molecule has 0 radical (unpaired) electrons. The third-order valence-corrected chi connectivity index (χ3v) is 4.09. The molecule has 24 heavy (non-hydrogen) atoms. The summed E-state index contributed by atoms with van der Waals surface area (Å²) >= 11 is 0. The van der Waals surface area contributed by atoms with Gasteiger partial charge in [-0.1, -0.05) is 6.58 Å². The van der Waals surface area contributed by atoms with Gasteiger partial charge in [-0.15, -0.1) is 0 Å². The molecule has 0 aliphatic rings. The van der Waals surface area contributed by atoms with Crippen LogP contribution in [0.1, 0.15) is 39.0 Å². The van der Waals surface area contributed by atoms with Crippen molar-refractivity contribution in [3.63, 3.8) is 0 Å². The van der Waals surface area contributed by atoms with E-state index < -0.39 is 13.8 Å². The van der Waals surface area contributed by atoms with Crippen LogP contribution in [0.25, 0.3) is 0 Å². The predicted molar refractivity (Wildman–Crippen MR) is 91.3 cm³/mol. The number of carbonyl (C=O) groups is 1. The van der Waals surface area contributed by atoms with Crippen molar-refractivity contribution in [2.24, 2.45) is 0 Å². The molecule has 1 atom stereocenters. The van der Waals surface area contributed by atoms with Crippen LogP contribution in [0.2, 0.25) is 0 Å². The highest BCUT2D eigenvalue weighted by molar-refractivity contribution is 7.45. The SMILES string of the molecule is C=C(C)C(=O)OCCCCCOP(=O)([O-])OCCCC[N+](C)(C)C. The summed E-state index contributed by atoms with van der Waals surface area (Å²) in [4.78, 5) is 22.7. The maximum atomic E-state index is 11.5. The van der Waals surface area contributed by atoms with Gasteiger partial charge in [-0.25, -0.2) is 4.79 Å². The Morgan fingerprint density at radius 3 is 2.00 bits per heavy atom. The molecule has 0 saturated heterocycles. The molecule has 0 bridgehead atoms. The molecule has 0 heterocycles. The molecule has 7 nitrogen and oxygen atoms in total. The third-order valence-electron chi connectivity index (χ3n) is 3.09. The van der Waals surface area contributed by atoms with E-state index in [0.29, 0.717) is 37.9 Å². The lowest BCUT2D eigenvalue weighted by atomic mass is 10.2. The second kappa shape index (κ2) is 11.8. The van der Waals surface area contributed by atoms with Gasteiger partial charge < -0.3 is 23.2 Å². The Hall–Kier alpha value is -0.720. The summed E-state index contributed by atoms with van der Waals surface area (Å²) in [6.07, 6.45) is 3.48. The van der Waals surface area contributed by atoms with E-state index in [0.717, 1.165) is 17.4 Å². The number of hydrogen-bond donors (Lipinski definition) is 0. The van der Waals surface area contributed by atoms with Gasteiger partial charge in [0, 0.05) is 5.57 Å². The van der Waals surface area contributed by atoms with Crippen molar-refractivity contribution in [3.8, 4) is 0 Å². The highest BCUT2D eigenvalue weighted by atomic mass is 31.2. The molecule has 0 fully saturated rings. The van der Waals surface area contributed by atoms with Crippen molar-refractivity contribution in [1.82, 2.24) is 0 Å². The number of quaternary nitrogens is 1. The summed E-state index contributed by atoms with van der Waals surface area (Å²) in [7, 11) is 2.05. The van der Waals surface area contributed by atoms with E-state index in [1.807, 2.05) is 0 Å². The molecule has 142 valence electrons. The Labute approximate surface area is 145 Å². The fraction of sp³-hybridized carbons (Fsp3) is 0.812. The molecule has 8 heteroatoms. The zero-order chi connectivity index (χ0) is 18.6. The fourth-order valence-corrected chi connectivity index (χ4v) is 2.53. The molecule has 1 unspecified atom stereocenters. The number of carbonyl (C=O) groups excluding carboxylic acids is 1. The van der Waals surface area contributed by atoms with Gasteiger partial charge in [-0.05, 0) is 39.0 Å². The van der Waals surface area contributed by atoms with Crippen LogP contribution in [0.5, 0.6) is 0 Å². The second-order valence-corrected chi connectivity index (χ2v) is 8.22. The van der Waals surface area contributed by atoms with Crippen molar-refractivity contribution in [1.29, 1.82) is 0 Å². The number of esters is 1. The molecule has 0 saturated carbocycles. The topological polar surface area (TPSA) is 84.9 Å². The molecule has 0 spiro atoms. The standard InChI is InChI=1S/C16H32NO6P/c1-15(2)16(18)21-12-8-6-9-13-22-24(19,20)23-14-10-7-11-17(3,4)5/h1,6-14H2,2-5H3. The van der Waals surface area contributed by atoms with Crippen LogP contribution in [0.4, 0.5) is 0 Å². The first-order valence-electron chi connectivity index (χ1n) is 8.27. The Bertz CT molecular complexity index is 433. The molecule has 0 rings (SSSR count). The van der Waals surface area contributed by atoms with Crippen LogP contribution in [-0.2, 0) is 23.1 Å². The third kappa shape index (κ3) is 14.8. The average Bonchev–Trinajstić information content (AvgIpc) is 2.44. The van der Waals surface area contributed by atoms with Crippen LogP contribution >= 0.6 is 7.82 Å². The summed E-state index contributed by atoms with van der Waals surface area (Å²) in [6, 6.07) is 0. The normalized spacial score (nSPS) is 14.2. The lowest BCUT2D eigenvalue weighted by Crippen LogP contribution is -2.35. The van der Waals surface area contributed by atoms with Crippen molar-refractivity contribution in [2.75, 3.05) is 47.5 Å². The first-order chi connectivity index (χ1) is 11.0. The first kappa shape index (κ1) is 23.3. The number of unbranched alkanes of at least 4 members (excludes halogenated alkanes) is 3. The number of hydrogen-bond acceptors (Lipinski definition) is 6. The minimum Gasteiger partial charge on any atom is -0.756 e. The Balaban J connectivity index is 3.59. The van der Waals surface area contributed by atoms with Gasteiger partial charge in [0.2, 0.25) is 0 Å². The predicted octanol–water partition coefficient (Wildman–Crippen LogP) is 2.26. The van der Waals surface area contributed by atoms with E-state index in [-0.39, 0.29) is 13.2 Å². The number of nitrogens with zero attached hydrogens (tertiary/aromatic N) is 1. The fourth-order valence-electron chi connectivity index (χ4n) is 1.75. The molecule has 0 amide bonds.